The number of nitrogens with zero attached hydrogens (tertiary/aromatic N) is 2. The van der Waals surface area contributed by atoms with E-state index in [4.69, 9.17) is 0 Å². The molecule has 2 fully saturated rings. The van der Waals surface area contributed by atoms with Crippen LogP contribution in [0, 0.1) is 0 Å². The van der Waals surface area contributed by atoms with Gasteiger partial charge in [0, 0.05) is 32.0 Å². The molecule has 7 heteroatoms. The molecule has 0 saturated carbocycles. The first-order valence-electron chi connectivity index (χ1n) is 6.78. The highest BCUT2D eigenvalue weighted by atomic mass is 32.2. The Morgan fingerprint density at radius 2 is 1.63 bits per heavy atom. The van der Waals surface area contributed by atoms with Gasteiger partial charge in [-0.05, 0) is 19.3 Å². The molecule has 19 heavy (non-hydrogen) atoms. The zero-order valence-electron chi connectivity index (χ0n) is 11.2. The van der Waals surface area contributed by atoms with Crippen LogP contribution in [-0.4, -0.2) is 54.3 Å². The van der Waals surface area contributed by atoms with Crippen molar-refractivity contribution < 1.29 is 18.0 Å². The summed E-state index contributed by atoms with van der Waals surface area (Å²) in [5.41, 5.74) is 0. The number of amides is 2. The summed E-state index contributed by atoms with van der Waals surface area (Å²) in [6, 6.07) is -0.115. The summed E-state index contributed by atoms with van der Waals surface area (Å²) in [6.45, 7) is 2.65. The number of likely N-dealkylation sites (tertiary alicyclic amines) is 1. The molecule has 2 amide bonds. The summed E-state index contributed by atoms with van der Waals surface area (Å²) in [7, 11) is -3.16. The van der Waals surface area contributed by atoms with Gasteiger partial charge in [-0.3, -0.25) is 14.5 Å². The van der Waals surface area contributed by atoms with Crippen LogP contribution >= 0.6 is 0 Å². The van der Waals surface area contributed by atoms with Gasteiger partial charge in [-0.1, -0.05) is 6.92 Å². The van der Waals surface area contributed by atoms with E-state index >= 15 is 0 Å². The van der Waals surface area contributed by atoms with Crippen LogP contribution in [0.1, 0.15) is 39.0 Å². The molecule has 0 aromatic heterocycles. The van der Waals surface area contributed by atoms with Crippen LogP contribution < -0.4 is 0 Å². The van der Waals surface area contributed by atoms with Gasteiger partial charge in [-0.2, -0.15) is 0 Å². The monoisotopic (exact) mass is 288 g/mol. The predicted molar refractivity (Wildman–Crippen MR) is 69.8 cm³/mol. The van der Waals surface area contributed by atoms with Crippen molar-refractivity contribution in [3.8, 4) is 0 Å². The average molecular weight is 288 g/mol. The number of carbonyl (C=O) groups excluding carboxylic acids is 2. The van der Waals surface area contributed by atoms with E-state index in [1.54, 1.807) is 0 Å². The minimum atomic E-state index is -3.16. The van der Waals surface area contributed by atoms with Crippen LogP contribution in [0.25, 0.3) is 0 Å². The van der Waals surface area contributed by atoms with Crippen LogP contribution in [0.4, 0.5) is 0 Å². The van der Waals surface area contributed by atoms with Crippen molar-refractivity contribution in [3.63, 3.8) is 0 Å². The fourth-order valence-electron chi connectivity index (χ4n) is 2.77. The quantitative estimate of drug-likeness (QED) is 0.699. The van der Waals surface area contributed by atoms with Crippen LogP contribution in [0.15, 0.2) is 0 Å². The largest absolute Gasteiger partial charge is 0.279 e. The molecule has 0 aromatic rings. The summed E-state index contributed by atoms with van der Waals surface area (Å²) >= 11 is 0. The van der Waals surface area contributed by atoms with Crippen molar-refractivity contribution in [2.45, 2.75) is 45.1 Å². The van der Waals surface area contributed by atoms with Gasteiger partial charge in [0.2, 0.25) is 21.8 Å². The molecule has 2 aliphatic rings. The molecule has 0 N–H and O–H groups in total. The Morgan fingerprint density at radius 1 is 1.11 bits per heavy atom. The molecule has 2 saturated heterocycles. The molecule has 2 heterocycles. The van der Waals surface area contributed by atoms with Crippen LogP contribution in [0.3, 0.4) is 0 Å². The Bertz CT molecular complexity index is 450. The Morgan fingerprint density at radius 3 is 2.11 bits per heavy atom. The molecule has 0 radical (unpaired) electrons. The topological polar surface area (TPSA) is 74.8 Å². The lowest BCUT2D eigenvalue weighted by Gasteiger charge is -2.35. The number of sulfonamides is 1. The second-order valence-corrected chi connectivity index (χ2v) is 7.19. The molecular weight excluding hydrogens is 268 g/mol. The summed E-state index contributed by atoms with van der Waals surface area (Å²) in [5, 5.41) is 0. The normalized spacial score (nSPS) is 23.3. The van der Waals surface area contributed by atoms with Gasteiger partial charge in [0.05, 0.1) is 5.75 Å². The maximum absolute atomic E-state index is 11.9. The second-order valence-electron chi connectivity index (χ2n) is 5.10. The van der Waals surface area contributed by atoms with E-state index in [1.807, 2.05) is 6.92 Å². The Kier molecular flexibility index (Phi) is 4.25. The smallest absolute Gasteiger partial charge is 0.229 e. The highest BCUT2D eigenvalue weighted by molar-refractivity contribution is 7.89. The van der Waals surface area contributed by atoms with Gasteiger partial charge in [-0.15, -0.1) is 0 Å². The third kappa shape index (κ3) is 2.97. The molecule has 6 nitrogen and oxygen atoms in total. The van der Waals surface area contributed by atoms with Crippen molar-refractivity contribution in [2.24, 2.45) is 0 Å². The highest BCUT2D eigenvalue weighted by Gasteiger charge is 2.38. The minimum absolute atomic E-state index is 0.111. The molecule has 2 rings (SSSR count). The summed E-state index contributed by atoms with van der Waals surface area (Å²) in [4.78, 5) is 24.6. The second kappa shape index (κ2) is 5.58. The van der Waals surface area contributed by atoms with Crippen LogP contribution in [0.2, 0.25) is 0 Å². The van der Waals surface area contributed by atoms with E-state index < -0.39 is 10.0 Å². The van der Waals surface area contributed by atoms with Crippen LogP contribution in [0.5, 0.6) is 0 Å². The number of hydrogen-bond donors (Lipinski definition) is 0. The molecule has 108 valence electrons. The van der Waals surface area contributed by atoms with E-state index in [1.165, 1.54) is 9.21 Å². The maximum atomic E-state index is 11.9. The molecule has 0 aromatic carbocycles. The van der Waals surface area contributed by atoms with E-state index in [0.29, 0.717) is 45.2 Å². The van der Waals surface area contributed by atoms with Gasteiger partial charge in [0.15, 0.2) is 0 Å². The fraction of sp³-hybridized carbons (Fsp3) is 0.833. The third-order valence-electron chi connectivity index (χ3n) is 3.73. The van der Waals surface area contributed by atoms with Gasteiger partial charge in [0.1, 0.15) is 0 Å². The SMILES string of the molecule is CCCS(=O)(=O)N1CCC(N2C(=O)CCC2=O)CC1. The number of rotatable bonds is 4. The lowest BCUT2D eigenvalue weighted by atomic mass is 10.1. The summed E-state index contributed by atoms with van der Waals surface area (Å²) in [5.74, 6) is -0.0566. The van der Waals surface area contributed by atoms with Gasteiger partial charge in [-0.25, -0.2) is 12.7 Å². The fourth-order valence-corrected chi connectivity index (χ4v) is 4.31. The molecule has 0 spiro atoms. The maximum Gasteiger partial charge on any atom is 0.229 e. The van der Waals surface area contributed by atoms with Crippen molar-refractivity contribution in [2.75, 3.05) is 18.8 Å². The minimum Gasteiger partial charge on any atom is -0.279 e. The highest BCUT2D eigenvalue weighted by Crippen LogP contribution is 2.24. The molecule has 0 bridgehead atoms. The predicted octanol–water partition coefficient (Wildman–Crippen LogP) is 0.340. The van der Waals surface area contributed by atoms with E-state index in [2.05, 4.69) is 0 Å². The van der Waals surface area contributed by atoms with Crippen molar-refractivity contribution in [1.82, 2.24) is 9.21 Å². The number of piperidine rings is 1. The zero-order valence-corrected chi connectivity index (χ0v) is 12.0. The Hall–Kier alpha value is -0.950. The van der Waals surface area contributed by atoms with E-state index in [0.717, 1.165) is 0 Å². The molecule has 0 aliphatic carbocycles. The third-order valence-corrected chi connectivity index (χ3v) is 5.81. The average Bonchev–Trinajstić information content (AvgIpc) is 2.69. The molecule has 2 aliphatic heterocycles. The Labute approximate surface area is 113 Å². The first-order valence-corrected chi connectivity index (χ1v) is 8.39. The number of hydrogen-bond acceptors (Lipinski definition) is 4. The van der Waals surface area contributed by atoms with Crippen molar-refractivity contribution in [1.29, 1.82) is 0 Å². The van der Waals surface area contributed by atoms with Crippen LogP contribution in [-0.2, 0) is 19.6 Å². The van der Waals surface area contributed by atoms with Gasteiger partial charge >= 0.3 is 0 Å². The lowest BCUT2D eigenvalue weighted by molar-refractivity contribution is -0.141. The lowest BCUT2D eigenvalue weighted by Crippen LogP contribution is -2.48. The number of imide groups is 1. The molecule has 0 atom stereocenters. The zero-order chi connectivity index (χ0) is 14.0. The van der Waals surface area contributed by atoms with Crippen molar-refractivity contribution >= 4 is 21.8 Å². The first-order chi connectivity index (χ1) is 8.95. The first kappa shape index (κ1) is 14.5. The summed E-state index contributed by atoms with van der Waals surface area (Å²) < 4.78 is 25.3. The Balaban J connectivity index is 1.96. The van der Waals surface area contributed by atoms with E-state index in [-0.39, 0.29) is 23.6 Å². The standard InChI is InChI=1S/C12H20N2O4S/c1-2-9-19(17,18)13-7-5-10(6-8-13)14-11(15)3-4-12(14)16/h10H,2-9H2,1H3. The van der Waals surface area contributed by atoms with E-state index in [9.17, 15) is 18.0 Å². The summed E-state index contributed by atoms with van der Waals surface area (Å²) in [6.07, 6.45) is 2.31. The molecular formula is C12H20N2O4S. The van der Waals surface area contributed by atoms with Gasteiger partial charge in [0.25, 0.3) is 0 Å². The number of carbonyl (C=O) groups is 2. The molecule has 0 unspecified atom stereocenters. The van der Waals surface area contributed by atoms with Gasteiger partial charge < -0.3 is 0 Å². The van der Waals surface area contributed by atoms with Crippen molar-refractivity contribution in [3.05, 3.63) is 0 Å².